The van der Waals surface area contributed by atoms with Gasteiger partial charge in [0.2, 0.25) is 5.91 Å². The summed E-state index contributed by atoms with van der Waals surface area (Å²) >= 11 is 0. The summed E-state index contributed by atoms with van der Waals surface area (Å²) in [4.78, 5) is 36.8. The Bertz CT molecular complexity index is 808. The Morgan fingerprint density at radius 1 is 1.07 bits per heavy atom. The van der Waals surface area contributed by atoms with Crippen molar-refractivity contribution in [3.05, 3.63) is 29.8 Å². The molecule has 1 aromatic rings. The fraction of sp³-hybridized carbons (Fsp3) is 0.571. The summed E-state index contributed by atoms with van der Waals surface area (Å²) in [5.41, 5.74) is 0.232. The standard InChI is InChI=1S/C21H25N3O3/c1-21(19(26)23-20(27)24-21)15-3-2-4-16(10-15)22-18(25)17-13-6-11-5-12(8-13)9-14(17)7-11/h2-4,10-14,17H,5-9H2,1H3,(H,22,25)(H2,23,24,26,27). The Labute approximate surface area is 158 Å². The number of nitrogens with one attached hydrogen (secondary N) is 3. The van der Waals surface area contributed by atoms with Crippen LogP contribution in [0.25, 0.3) is 0 Å². The maximum Gasteiger partial charge on any atom is 0.322 e. The van der Waals surface area contributed by atoms with Crippen molar-refractivity contribution in [2.24, 2.45) is 29.6 Å². The Morgan fingerprint density at radius 3 is 2.33 bits per heavy atom. The minimum atomic E-state index is -1.11. The third-order valence-corrected chi connectivity index (χ3v) is 7.28. The van der Waals surface area contributed by atoms with Gasteiger partial charge < -0.3 is 10.6 Å². The van der Waals surface area contributed by atoms with Gasteiger partial charge in [0.1, 0.15) is 5.54 Å². The molecule has 0 spiro atoms. The Hall–Kier alpha value is -2.37. The highest BCUT2D eigenvalue weighted by molar-refractivity contribution is 6.07. The molecule has 142 valence electrons. The molecule has 3 N–H and O–H groups in total. The van der Waals surface area contributed by atoms with Crippen LogP contribution in [0, 0.1) is 29.6 Å². The van der Waals surface area contributed by atoms with Crippen LogP contribution in [0.5, 0.6) is 0 Å². The molecule has 1 aromatic carbocycles. The molecule has 4 amide bonds. The molecular formula is C21H25N3O3. The van der Waals surface area contributed by atoms with Crippen molar-refractivity contribution in [3.63, 3.8) is 0 Å². The summed E-state index contributed by atoms with van der Waals surface area (Å²) in [6.07, 6.45) is 6.19. The molecule has 5 fully saturated rings. The first-order valence-electron chi connectivity index (χ1n) is 9.97. The number of anilines is 1. The van der Waals surface area contributed by atoms with Gasteiger partial charge in [-0.25, -0.2) is 4.79 Å². The van der Waals surface area contributed by atoms with E-state index in [1.54, 1.807) is 19.1 Å². The van der Waals surface area contributed by atoms with Gasteiger partial charge in [-0.1, -0.05) is 12.1 Å². The second kappa shape index (κ2) is 5.81. The Morgan fingerprint density at radius 2 is 1.74 bits per heavy atom. The zero-order valence-electron chi connectivity index (χ0n) is 15.5. The van der Waals surface area contributed by atoms with E-state index in [0.717, 1.165) is 11.8 Å². The highest BCUT2D eigenvalue weighted by atomic mass is 16.2. The first-order chi connectivity index (χ1) is 12.9. The number of hydrogen-bond donors (Lipinski definition) is 3. The van der Waals surface area contributed by atoms with E-state index in [1.165, 1.54) is 32.1 Å². The number of hydrogen-bond acceptors (Lipinski definition) is 3. The van der Waals surface area contributed by atoms with Gasteiger partial charge in [-0.15, -0.1) is 0 Å². The number of amides is 4. The second-order valence-corrected chi connectivity index (χ2v) is 9.06. The van der Waals surface area contributed by atoms with Gasteiger partial charge in [-0.3, -0.25) is 14.9 Å². The molecule has 4 saturated carbocycles. The lowest BCUT2D eigenvalue weighted by Gasteiger charge is -2.53. The maximum atomic E-state index is 13.1. The number of rotatable bonds is 3. The molecule has 1 heterocycles. The summed E-state index contributed by atoms with van der Waals surface area (Å²) in [7, 11) is 0. The van der Waals surface area contributed by atoms with Crippen LogP contribution in [0.1, 0.15) is 44.6 Å². The van der Waals surface area contributed by atoms with Crippen molar-refractivity contribution in [3.8, 4) is 0 Å². The molecular weight excluding hydrogens is 342 g/mol. The Balaban J connectivity index is 1.35. The van der Waals surface area contributed by atoms with E-state index >= 15 is 0 Å². The maximum absolute atomic E-state index is 13.1. The summed E-state index contributed by atoms with van der Waals surface area (Å²) in [6.45, 7) is 1.67. The van der Waals surface area contributed by atoms with Crippen LogP contribution < -0.4 is 16.0 Å². The fourth-order valence-electron chi connectivity index (χ4n) is 6.23. The predicted molar refractivity (Wildman–Crippen MR) is 99.6 cm³/mol. The van der Waals surface area contributed by atoms with Crippen LogP contribution in [-0.4, -0.2) is 17.8 Å². The smallest absolute Gasteiger partial charge is 0.322 e. The molecule has 1 aliphatic heterocycles. The molecule has 5 aliphatic rings. The highest BCUT2D eigenvalue weighted by Gasteiger charge is 2.50. The van der Waals surface area contributed by atoms with Crippen LogP contribution in [0.4, 0.5) is 10.5 Å². The molecule has 4 bridgehead atoms. The average molecular weight is 367 g/mol. The van der Waals surface area contributed by atoms with Gasteiger partial charge in [-0.05, 0) is 80.4 Å². The summed E-state index contributed by atoms with van der Waals surface area (Å²) in [6, 6.07) is 6.74. The fourth-order valence-corrected chi connectivity index (χ4v) is 6.23. The summed E-state index contributed by atoms with van der Waals surface area (Å²) in [5.74, 6) is 2.59. The van der Waals surface area contributed by atoms with Crippen molar-refractivity contribution in [1.82, 2.24) is 10.6 Å². The van der Waals surface area contributed by atoms with Crippen molar-refractivity contribution in [2.75, 3.05) is 5.32 Å². The number of carbonyl (C=O) groups is 3. The molecule has 1 saturated heterocycles. The second-order valence-electron chi connectivity index (χ2n) is 9.06. The third-order valence-electron chi connectivity index (χ3n) is 7.28. The predicted octanol–water partition coefficient (Wildman–Crippen LogP) is 2.75. The normalized spacial score (nSPS) is 39.2. The van der Waals surface area contributed by atoms with Gasteiger partial charge in [0.15, 0.2) is 0 Å². The SMILES string of the molecule is CC1(c2cccc(NC(=O)C3C4CC5CC(C4)CC3C5)c2)NC(=O)NC1=O. The highest BCUT2D eigenvalue weighted by Crippen LogP contribution is 2.56. The van der Waals surface area contributed by atoms with Crippen molar-refractivity contribution in [2.45, 2.75) is 44.6 Å². The number of imide groups is 1. The molecule has 6 rings (SSSR count). The van der Waals surface area contributed by atoms with Crippen LogP contribution >= 0.6 is 0 Å². The number of urea groups is 1. The molecule has 1 unspecified atom stereocenters. The minimum absolute atomic E-state index is 0.117. The van der Waals surface area contributed by atoms with E-state index in [-0.39, 0.29) is 17.7 Å². The number of benzene rings is 1. The van der Waals surface area contributed by atoms with Gasteiger partial charge in [0.05, 0.1) is 0 Å². The van der Waals surface area contributed by atoms with Crippen molar-refractivity contribution >= 4 is 23.5 Å². The first kappa shape index (κ1) is 16.8. The molecule has 6 heteroatoms. The van der Waals surface area contributed by atoms with E-state index in [4.69, 9.17) is 0 Å². The van der Waals surface area contributed by atoms with E-state index in [0.29, 0.717) is 23.1 Å². The molecule has 6 nitrogen and oxygen atoms in total. The first-order valence-corrected chi connectivity index (χ1v) is 9.97. The lowest BCUT2D eigenvalue weighted by Crippen LogP contribution is -2.49. The molecule has 27 heavy (non-hydrogen) atoms. The van der Waals surface area contributed by atoms with Gasteiger partial charge >= 0.3 is 6.03 Å². The quantitative estimate of drug-likeness (QED) is 0.718. The topological polar surface area (TPSA) is 87.3 Å². The monoisotopic (exact) mass is 367 g/mol. The van der Waals surface area contributed by atoms with Crippen LogP contribution in [-0.2, 0) is 15.1 Å². The van der Waals surface area contributed by atoms with E-state index < -0.39 is 11.6 Å². The molecule has 4 aliphatic carbocycles. The van der Waals surface area contributed by atoms with Gasteiger partial charge in [0.25, 0.3) is 5.91 Å². The van der Waals surface area contributed by atoms with Crippen LogP contribution in [0.2, 0.25) is 0 Å². The van der Waals surface area contributed by atoms with Crippen molar-refractivity contribution in [1.29, 1.82) is 0 Å². The van der Waals surface area contributed by atoms with E-state index in [1.807, 2.05) is 12.1 Å². The zero-order chi connectivity index (χ0) is 18.8. The van der Waals surface area contributed by atoms with E-state index in [2.05, 4.69) is 16.0 Å². The largest absolute Gasteiger partial charge is 0.326 e. The minimum Gasteiger partial charge on any atom is -0.326 e. The lowest BCUT2D eigenvalue weighted by atomic mass is 9.51. The zero-order valence-corrected chi connectivity index (χ0v) is 15.5. The lowest BCUT2D eigenvalue weighted by molar-refractivity contribution is -0.132. The number of carbonyl (C=O) groups excluding carboxylic acids is 3. The average Bonchev–Trinajstić information content (AvgIpc) is 2.87. The summed E-state index contributed by atoms with van der Waals surface area (Å²) in [5, 5.41) is 8.04. The summed E-state index contributed by atoms with van der Waals surface area (Å²) < 4.78 is 0. The van der Waals surface area contributed by atoms with Gasteiger partial charge in [-0.2, -0.15) is 0 Å². The molecule has 0 radical (unpaired) electrons. The molecule has 0 aromatic heterocycles. The molecule has 1 atom stereocenters. The van der Waals surface area contributed by atoms with E-state index in [9.17, 15) is 14.4 Å². The van der Waals surface area contributed by atoms with Crippen LogP contribution in [0.3, 0.4) is 0 Å². The Kier molecular flexibility index (Phi) is 3.61. The van der Waals surface area contributed by atoms with Gasteiger partial charge in [0, 0.05) is 11.6 Å². The van der Waals surface area contributed by atoms with Crippen molar-refractivity contribution < 1.29 is 14.4 Å². The third kappa shape index (κ3) is 2.65. The van der Waals surface area contributed by atoms with Crippen LogP contribution in [0.15, 0.2) is 24.3 Å².